The Balaban J connectivity index is 2.08. The van der Waals surface area contributed by atoms with Crippen LogP contribution in [0.3, 0.4) is 0 Å². The Morgan fingerprint density at radius 2 is 1.87 bits per heavy atom. The number of benzene rings is 2. The van der Waals surface area contributed by atoms with Gasteiger partial charge in [0.2, 0.25) is 0 Å². The number of carboxylic acids is 1. The molecule has 0 saturated heterocycles. The van der Waals surface area contributed by atoms with Gasteiger partial charge in [-0.3, -0.25) is 4.90 Å². The van der Waals surface area contributed by atoms with Crippen molar-refractivity contribution in [2.45, 2.75) is 19.5 Å². The predicted octanol–water partition coefficient (Wildman–Crippen LogP) is 3.52. The highest BCUT2D eigenvalue weighted by Crippen LogP contribution is 2.37. The van der Waals surface area contributed by atoms with Crippen molar-refractivity contribution in [3.05, 3.63) is 65.2 Å². The monoisotopic (exact) mass is 310 g/mol. The molecular weight excluding hydrogens is 292 g/mol. The van der Waals surface area contributed by atoms with Gasteiger partial charge in [0.25, 0.3) is 0 Å². The maximum absolute atomic E-state index is 12.7. The van der Waals surface area contributed by atoms with Gasteiger partial charge in [-0.25, -0.2) is 9.59 Å². The minimum atomic E-state index is -0.994. The standard InChI is InChI=1S/C18H18N2O3/c1-12-15-9-8-14(17(21)22)10-16(15)20(18(23)19(12)2)11-13-6-4-3-5-7-13/h3-10,12H,11H2,1-2H3,(H,21,22). The molecule has 2 amide bonds. The third-order valence-corrected chi connectivity index (χ3v) is 4.32. The van der Waals surface area contributed by atoms with Crippen LogP contribution in [0.4, 0.5) is 10.5 Å². The highest BCUT2D eigenvalue weighted by molar-refractivity contribution is 5.97. The zero-order valence-electron chi connectivity index (χ0n) is 13.1. The lowest BCUT2D eigenvalue weighted by molar-refractivity contribution is 0.0696. The first kappa shape index (κ1) is 15.1. The molecule has 2 aromatic carbocycles. The van der Waals surface area contributed by atoms with Crippen molar-refractivity contribution >= 4 is 17.7 Å². The minimum absolute atomic E-state index is 0.0904. The van der Waals surface area contributed by atoms with Crippen LogP contribution in [0.1, 0.15) is 34.5 Å². The van der Waals surface area contributed by atoms with E-state index in [1.165, 1.54) is 0 Å². The van der Waals surface area contributed by atoms with Crippen LogP contribution in [0.2, 0.25) is 0 Å². The average Bonchev–Trinajstić information content (AvgIpc) is 2.57. The number of hydrogen-bond donors (Lipinski definition) is 1. The van der Waals surface area contributed by atoms with Crippen molar-refractivity contribution in [1.29, 1.82) is 0 Å². The lowest BCUT2D eigenvalue weighted by Crippen LogP contribution is -2.46. The minimum Gasteiger partial charge on any atom is -0.478 e. The van der Waals surface area contributed by atoms with Crippen molar-refractivity contribution in [3.63, 3.8) is 0 Å². The van der Waals surface area contributed by atoms with E-state index in [0.29, 0.717) is 12.2 Å². The Labute approximate surface area is 134 Å². The SMILES string of the molecule is CC1c2ccc(C(=O)O)cc2N(Cc2ccccc2)C(=O)N1C. The van der Waals surface area contributed by atoms with Gasteiger partial charge in [0.15, 0.2) is 0 Å². The molecule has 0 saturated carbocycles. The summed E-state index contributed by atoms with van der Waals surface area (Å²) in [5.41, 5.74) is 2.80. The molecule has 2 aromatic rings. The van der Waals surface area contributed by atoms with E-state index >= 15 is 0 Å². The van der Waals surface area contributed by atoms with Crippen LogP contribution in [-0.2, 0) is 6.54 Å². The van der Waals surface area contributed by atoms with Gasteiger partial charge in [-0.05, 0) is 30.2 Å². The summed E-state index contributed by atoms with van der Waals surface area (Å²) in [5, 5.41) is 9.23. The summed E-state index contributed by atoms with van der Waals surface area (Å²) in [6.07, 6.45) is 0. The smallest absolute Gasteiger partial charge is 0.335 e. The molecule has 0 spiro atoms. The van der Waals surface area contributed by atoms with Crippen LogP contribution in [0.25, 0.3) is 0 Å². The molecule has 1 atom stereocenters. The number of anilines is 1. The molecule has 1 aliphatic heterocycles. The number of rotatable bonds is 3. The summed E-state index contributed by atoms with van der Waals surface area (Å²) in [4.78, 5) is 27.3. The van der Waals surface area contributed by atoms with E-state index in [0.717, 1.165) is 11.1 Å². The second kappa shape index (κ2) is 5.76. The van der Waals surface area contributed by atoms with Crippen molar-refractivity contribution in [3.8, 4) is 0 Å². The largest absolute Gasteiger partial charge is 0.478 e. The van der Waals surface area contributed by atoms with Crippen LogP contribution >= 0.6 is 0 Å². The number of carboxylic acid groups (broad SMARTS) is 1. The number of fused-ring (bicyclic) bond motifs is 1. The number of amides is 2. The van der Waals surface area contributed by atoms with Gasteiger partial charge in [-0.2, -0.15) is 0 Å². The lowest BCUT2D eigenvalue weighted by Gasteiger charge is -2.39. The van der Waals surface area contributed by atoms with E-state index in [-0.39, 0.29) is 17.6 Å². The molecule has 1 aliphatic rings. The van der Waals surface area contributed by atoms with Crippen molar-refractivity contribution in [2.24, 2.45) is 0 Å². The van der Waals surface area contributed by atoms with Crippen LogP contribution in [0.5, 0.6) is 0 Å². The Bertz CT molecular complexity index is 758. The topological polar surface area (TPSA) is 60.9 Å². The molecule has 0 aliphatic carbocycles. The third kappa shape index (κ3) is 2.65. The Morgan fingerprint density at radius 3 is 2.52 bits per heavy atom. The fourth-order valence-electron chi connectivity index (χ4n) is 2.85. The van der Waals surface area contributed by atoms with Gasteiger partial charge in [-0.15, -0.1) is 0 Å². The predicted molar refractivity (Wildman–Crippen MR) is 87.6 cm³/mol. The molecule has 0 radical (unpaired) electrons. The molecule has 23 heavy (non-hydrogen) atoms. The van der Waals surface area contributed by atoms with E-state index in [9.17, 15) is 14.7 Å². The maximum Gasteiger partial charge on any atom is 0.335 e. The highest BCUT2D eigenvalue weighted by Gasteiger charge is 2.33. The first-order chi connectivity index (χ1) is 11.0. The summed E-state index contributed by atoms with van der Waals surface area (Å²) in [6.45, 7) is 2.35. The average molecular weight is 310 g/mol. The summed E-state index contributed by atoms with van der Waals surface area (Å²) < 4.78 is 0. The van der Waals surface area contributed by atoms with E-state index in [1.807, 2.05) is 37.3 Å². The number of hydrogen-bond acceptors (Lipinski definition) is 2. The van der Waals surface area contributed by atoms with Gasteiger partial charge >= 0.3 is 12.0 Å². The Morgan fingerprint density at radius 1 is 1.17 bits per heavy atom. The first-order valence-electron chi connectivity index (χ1n) is 7.44. The zero-order chi connectivity index (χ0) is 16.6. The second-order valence-corrected chi connectivity index (χ2v) is 5.72. The van der Waals surface area contributed by atoms with Crippen molar-refractivity contribution < 1.29 is 14.7 Å². The van der Waals surface area contributed by atoms with Crippen LogP contribution in [0.15, 0.2) is 48.5 Å². The molecule has 5 heteroatoms. The van der Waals surface area contributed by atoms with Crippen molar-refractivity contribution in [2.75, 3.05) is 11.9 Å². The normalized spacial score (nSPS) is 17.1. The summed E-state index contributed by atoms with van der Waals surface area (Å²) in [5.74, 6) is -0.994. The van der Waals surface area contributed by atoms with Gasteiger partial charge in [0, 0.05) is 7.05 Å². The fraction of sp³-hybridized carbons (Fsp3) is 0.222. The molecule has 0 aromatic heterocycles. The number of aromatic carboxylic acids is 1. The molecule has 3 rings (SSSR count). The number of urea groups is 1. The van der Waals surface area contributed by atoms with Gasteiger partial charge in [0.1, 0.15) is 0 Å². The van der Waals surface area contributed by atoms with E-state index in [2.05, 4.69) is 0 Å². The number of carbonyl (C=O) groups excluding carboxylic acids is 1. The van der Waals surface area contributed by atoms with Gasteiger partial charge < -0.3 is 10.0 Å². The van der Waals surface area contributed by atoms with Gasteiger partial charge in [-0.1, -0.05) is 36.4 Å². The fourth-order valence-corrected chi connectivity index (χ4v) is 2.85. The lowest BCUT2D eigenvalue weighted by atomic mass is 9.98. The number of carbonyl (C=O) groups is 2. The number of nitrogens with zero attached hydrogens (tertiary/aromatic N) is 2. The Hall–Kier alpha value is -2.82. The third-order valence-electron chi connectivity index (χ3n) is 4.32. The summed E-state index contributed by atoms with van der Waals surface area (Å²) >= 11 is 0. The first-order valence-corrected chi connectivity index (χ1v) is 7.44. The van der Waals surface area contributed by atoms with Crippen LogP contribution < -0.4 is 4.90 Å². The molecular formula is C18H18N2O3. The van der Waals surface area contributed by atoms with E-state index in [4.69, 9.17) is 0 Å². The molecule has 1 unspecified atom stereocenters. The molecule has 0 bridgehead atoms. The van der Waals surface area contributed by atoms with Crippen LogP contribution in [-0.4, -0.2) is 29.1 Å². The van der Waals surface area contributed by atoms with E-state index < -0.39 is 5.97 Å². The van der Waals surface area contributed by atoms with Crippen LogP contribution in [0, 0.1) is 0 Å². The molecule has 1 N–H and O–H groups in total. The van der Waals surface area contributed by atoms with E-state index in [1.54, 1.807) is 35.0 Å². The Kier molecular flexibility index (Phi) is 3.78. The molecule has 118 valence electrons. The van der Waals surface area contributed by atoms with Crippen molar-refractivity contribution in [1.82, 2.24) is 4.90 Å². The summed E-state index contributed by atoms with van der Waals surface area (Å²) in [6, 6.07) is 14.4. The maximum atomic E-state index is 12.7. The van der Waals surface area contributed by atoms with Gasteiger partial charge in [0.05, 0.1) is 23.8 Å². The zero-order valence-corrected chi connectivity index (χ0v) is 13.1. The molecule has 0 fully saturated rings. The second-order valence-electron chi connectivity index (χ2n) is 5.72. The molecule has 5 nitrogen and oxygen atoms in total. The summed E-state index contributed by atoms with van der Waals surface area (Å²) in [7, 11) is 1.76. The quantitative estimate of drug-likeness (QED) is 0.943. The highest BCUT2D eigenvalue weighted by atomic mass is 16.4. The molecule has 1 heterocycles.